The van der Waals surface area contributed by atoms with Crippen molar-refractivity contribution in [2.24, 2.45) is 16.1 Å². The third kappa shape index (κ3) is 2.33. The van der Waals surface area contributed by atoms with E-state index in [2.05, 4.69) is 15.0 Å². The molecule has 0 saturated carbocycles. The topological polar surface area (TPSA) is 51.0 Å². The van der Waals surface area contributed by atoms with E-state index in [9.17, 15) is 18.0 Å². The molecule has 0 aromatic rings. The molecular formula is C9H13F3N2O2. The van der Waals surface area contributed by atoms with E-state index in [4.69, 9.17) is 0 Å². The van der Waals surface area contributed by atoms with Crippen LogP contribution in [0.4, 0.5) is 13.2 Å². The number of rotatable bonds is 2. The van der Waals surface area contributed by atoms with Gasteiger partial charge >= 0.3 is 12.1 Å². The molecule has 1 heterocycles. The number of hydrogen-bond acceptors (Lipinski definition) is 4. The van der Waals surface area contributed by atoms with E-state index in [1.807, 2.05) is 0 Å². The number of ether oxygens (including phenoxy) is 1. The molecule has 0 aliphatic carbocycles. The Morgan fingerprint density at radius 1 is 1.44 bits per heavy atom. The van der Waals surface area contributed by atoms with Crippen LogP contribution in [0.15, 0.2) is 10.2 Å². The maximum atomic E-state index is 12.6. The Balaban J connectivity index is 2.96. The van der Waals surface area contributed by atoms with E-state index in [0.29, 0.717) is 0 Å². The van der Waals surface area contributed by atoms with E-state index < -0.39 is 29.6 Å². The number of hydrogen-bond donors (Lipinski definition) is 0. The molecule has 1 rings (SSSR count). The maximum Gasteiger partial charge on any atom is 0.413 e. The lowest BCUT2D eigenvalue weighted by Crippen LogP contribution is -2.45. The summed E-state index contributed by atoms with van der Waals surface area (Å²) < 4.78 is 42.4. The van der Waals surface area contributed by atoms with E-state index in [-0.39, 0.29) is 6.61 Å². The van der Waals surface area contributed by atoms with Crippen LogP contribution in [0.2, 0.25) is 0 Å². The third-order valence-electron chi connectivity index (χ3n) is 2.39. The van der Waals surface area contributed by atoms with Gasteiger partial charge in [-0.2, -0.15) is 23.4 Å². The Labute approximate surface area is 90.9 Å². The molecule has 92 valence electrons. The minimum Gasteiger partial charge on any atom is -0.466 e. The molecule has 0 fully saturated rings. The number of halogens is 3. The number of alkyl halides is 3. The van der Waals surface area contributed by atoms with Crippen LogP contribution in [-0.4, -0.2) is 30.3 Å². The first-order valence-electron chi connectivity index (χ1n) is 4.85. The summed E-state index contributed by atoms with van der Waals surface area (Å²) in [5.74, 6) is -2.30. The Hall–Kier alpha value is -1.14. The van der Waals surface area contributed by atoms with Crippen LogP contribution in [0, 0.1) is 5.92 Å². The summed E-state index contributed by atoms with van der Waals surface area (Å²) in [6.07, 6.45) is -4.57. The second-order valence-corrected chi connectivity index (χ2v) is 4.09. The first-order valence-corrected chi connectivity index (χ1v) is 4.85. The fourth-order valence-electron chi connectivity index (χ4n) is 1.63. The Kier molecular flexibility index (Phi) is 3.25. The molecular weight excluding hydrogens is 225 g/mol. The van der Waals surface area contributed by atoms with Gasteiger partial charge in [-0.1, -0.05) is 0 Å². The molecule has 16 heavy (non-hydrogen) atoms. The van der Waals surface area contributed by atoms with Gasteiger partial charge in [-0.25, -0.2) is 0 Å². The van der Waals surface area contributed by atoms with Crippen molar-refractivity contribution in [3.8, 4) is 0 Å². The van der Waals surface area contributed by atoms with Crippen molar-refractivity contribution in [1.82, 2.24) is 0 Å². The lowest BCUT2D eigenvalue weighted by atomic mass is 9.84. The molecule has 0 N–H and O–H groups in total. The summed E-state index contributed by atoms with van der Waals surface area (Å²) in [6, 6.07) is -2.10. The number of nitrogens with zero attached hydrogens (tertiary/aromatic N) is 2. The molecule has 0 amide bonds. The van der Waals surface area contributed by atoms with Crippen LogP contribution in [0.1, 0.15) is 20.8 Å². The molecule has 0 aromatic heterocycles. The van der Waals surface area contributed by atoms with Crippen LogP contribution in [0.3, 0.4) is 0 Å². The first-order chi connectivity index (χ1) is 7.20. The fourth-order valence-corrected chi connectivity index (χ4v) is 1.63. The van der Waals surface area contributed by atoms with Gasteiger partial charge < -0.3 is 4.74 Å². The molecule has 2 atom stereocenters. The minimum absolute atomic E-state index is 0.0377. The van der Waals surface area contributed by atoms with Crippen molar-refractivity contribution < 1.29 is 22.7 Å². The van der Waals surface area contributed by atoms with E-state index >= 15 is 0 Å². The summed E-state index contributed by atoms with van der Waals surface area (Å²) in [7, 11) is 0. The molecule has 1 aliphatic heterocycles. The molecule has 4 nitrogen and oxygen atoms in total. The predicted octanol–water partition coefficient (Wildman–Crippen LogP) is 2.34. The van der Waals surface area contributed by atoms with Crippen LogP contribution in [0.25, 0.3) is 0 Å². The SMILES string of the molecule is CCOC(=O)C1C(C(F)(F)F)N=NC1(C)C. The van der Waals surface area contributed by atoms with Gasteiger partial charge in [0.25, 0.3) is 0 Å². The molecule has 0 saturated heterocycles. The van der Waals surface area contributed by atoms with Gasteiger partial charge in [-0.15, -0.1) is 0 Å². The quantitative estimate of drug-likeness (QED) is 0.693. The van der Waals surface area contributed by atoms with Crippen LogP contribution < -0.4 is 0 Å². The average molecular weight is 238 g/mol. The number of esters is 1. The predicted molar refractivity (Wildman–Crippen MR) is 48.9 cm³/mol. The van der Waals surface area contributed by atoms with Gasteiger partial charge in [0.2, 0.25) is 0 Å². The van der Waals surface area contributed by atoms with Gasteiger partial charge in [0.15, 0.2) is 6.04 Å². The molecule has 0 spiro atoms. The lowest BCUT2D eigenvalue weighted by Gasteiger charge is -2.25. The molecule has 0 bridgehead atoms. The van der Waals surface area contributed by atoms with Crippen LogP contribution >= 0.6 is 0 Å². The summed E-state index contributed by atoms with van der Waals surface area (Å²) in [5.41, 5.74) is -1.17. The highest BCUT2D eigenvalue weighted by atomic mass is 19.4. The first kappa shape index (κ1) is 12.9. The van der Waals surface area contributed by atoms with Crippen LogP contribution in [0.5, 0.6) is 0 Å². The van der Waals surface area contributed by atoms with Gasteiger partial charge in [-0.05, 0) is 20.8 Å². The average Bonchev–Trinajstić information content (AvgIpc) is 2.40. The minimum atomic E-state index is -4.57. The summed E-state index contributed by atoms with van der Waals surface area (Å²) in [6.45, 7) is 4.44. The molecule has 1 aliphatic rings. The molecule has 0 radical (unpaired) electrons. The van der Waals surface area contributed by atoms with Crippen LogP contribution in [-0.2, 0) is 9.53 Å². The Morgan fingerprint density at radius 3 is 2.44 bits per heavy atom. The van der Waals surface area contributed by atoms with Crippen molar-refractivity contribution in [3.63, 3.8) is 0 Å². The normalized spacial score (nSPS) is 28.1. The monoisotopic (exact) mass is 238 g/mol. The highest BCUT2D eigenvalue weighted by Crippen LogP contribution is 2.41. The fraction of sp³-hybridized carbons (Fsp3) is 0.889. The van der Waals surface area contributed by atoms with Crippen molar-refractivity contribution in [2.45, 2.75) is 38.5 Å². The smallest absolute Gasteiger partial charge is 0.413 e. The Bertz CT molecular complexity index is 312. The second kappa shape index (κ2) is 4.03. The summed E-state index contributed by atoms with van der Waals surface area (Å²) in [5, 5.41) is 6.65. The number of carbonyl (C=O) groups is 1. The van der Waals surface area contributed by atoms with Gasteiger partial charge in [0.1, 0.15) is 5.92 Å². The summed E-state index contributed by atoms with van der Waals surface area (Å²) in [4.78, 5) is 11.5. The molecule has 7 heteroatoms. The van der Waals surface area contributed by atoms with Gasteiger partial charge in [-0.3, -0.25) is 4.79 Å². The second-order valence-electron chi connectivity index (χ2n) is 4.09. The third-order valence-corrected chi connectivity index (χ3v) is 2.39. The molecule has 0 aromatic carbocycles. The van der Waals surface area contributed by atoms with Crippen molar-refractivity contribution in [2.75, 3.05) is 6.61 Å². The lowest BCUT2D eigenvalue weighted by molar-refractivity contribution is -0.175. The van der Waals surface area contributed by atoms with E-state index in [0.717, 1.165) is 0 Å². The largest absolute Gasteiger partial charge is 0.466 e. The van der Waals surface area contributed by atoms with E-state index in [1.165, 1.54) is 20.8 Å². The highest BCUT2D eigenvalue weighted by Gasteiger charge is 2.58. The van der Waals surface area contributed by atoms with Crippen molar-refractivity contribution in [3.05, 3.63) is 0 Å². The van der Waals surface area contributed by atoms with Gasteiger partial charge in [0.05, 0.1) is 12.1 Å². The number of carbonyl (C=O) groups excluding carboxylic acids is 1. The van der Waals surface area contributed by atoms with Gasteiger partial charge in [0, 0.05) is 0 Å². The highest BCUT2D eigenvalue weighted by molar-refractivity contribution is 5.75. The van der Waals surface area contributed by atoms with E-state index in [1.54, 1.807) is 0 Å². The summed E-state index contributed by atoms with van der Waals surface area (Å²) >= 11 is 0. The number of azo groups is 1. The van der Waals surface area contributed by atoms with Crippen molar-refractivity contribution in [1.29, 1.82) is 0 Å². The maximum absolute atomic E-state index is 12.6. The zero-order chi connectivity index (χ0) is 12.6. The zero-order valence-corrected chi connectivity index (χ0v) is 9.21. The Morgan fingerprint density at radius 2 is 2.00 bits per heavy atom. The zero-order valence-electron chi connectivity index (χ0n) is 9.21. The molecule has 2 unspecified atom stereocenters. The standard InChI is InChI=1S/C9H13F3N2O2/c1-4-16-7(15)5-6(9(10,11)12)13-14-8(5,2)3/h5-6H,4H2,1-3H3. The van der Waals surface area contributed by atoms with Crippen molar-refractivity contribution >= 4 is 5.97 Å².